The molecule has 1 atom stereocenters. The minimum Gasteiger partial charge on any atom is -0.497 e. The van der Waals surface area contributed by atoms with E-state index in [1.54, 1.807) is 33.1 Å². The number of nitrogens with one attached hydrogen (secondary N) is 1. The number of anilines is 1. The van der Waals surface area contributed by atoms with Crippen molar-refractivity contribution in [1.29, 1.82) is 0 Å². The number of ketones is 1. The van der Waals surface area contributed by atoms with Crippen molar-refractivity contribution in [2.75, 3.05) is 33.8 Å². The van der Waals surface area contributed by atoms with Crippen LogP contribution in [0.15, 0.2) is 47.7 Å². The fraction of sp³-hybridized carbons (Fsp3) is 0.370. The summed E-state index contributed by atoms with van der Waals surface area (Å²) in [5.41, 5.74) is 2.98. The van der Waals surface area contributed by atoms with E-state index in [1.807, 2.05) is 36.4 Å². The van der Waals surface area contributed by atoms with E-state index in [9.17, 15) is 4.79 Å². The maximum atomic E-state index is 13.6. The highest BCUT2D eigenvalue weighted by atomic mass is 16.5. The summed E-state index contributed by atoms with van der Waals surface area (Å²) in [7, 11) is 6.33. The minimum atomic E-state index is -0.514. The van der Waals surface area contributed by atoms with E-state index in [-0.39, 0.29) is 11.2 Å². The van der Waals surface area contributed by atoms with Gasteiger partial charge in [-0.3, -0.25) is 4.79 Å². The molecule has 0 fully saturated rings. The van der Waals surface area contributed by atoms with Crippen molar-refractivity contribution in [2.24, 2.45) is 5.41 Å². The Balaban J connectivity index is 1.72. The summed E-state index contributed by atoms with van der Waals surface area (Å²) in [4.78, 5) is 18.4. The first kappa shape index (κ1) is 23.7. The summed E-state index contributed by atoms with van der Waals surface area (Å²) in [5.74, 6) is 3.38. The van der Waals surface area contributed by atoms with Crippen LogP contribution in [0, 0.1) is 5.41 Å². The van der Waals surface area contributed by atoms with Crippen molar-refractivity contribution in [3.8, 4) is 34.4 Å². The molecule has 1 aliphatic carbocycles. The van der Waals surface area contributed by atoms with Gasteiger partial charge in [-0.2, -0.15) is 4.98 Å². The van der Waals surface area contributed by atoms with Crippen LogP contribution < -0.4 is 24.3 Å². The number of methoxy groups -OCH3 is 4. The summed E-state index contributed by atoms with van der Waals surface area (Å²) in [6.45, 7) is 4.21. The first-order chi connectivity index (χ1) is 17.3. The van der Waals surface area contributed by atoms with E-state index in [0.29, 0.717) is 46.8 Å². The molecule has 2 heterocycles. The zero-order valence-corrected chi connectivity index (χ0v) is 21.3. The van der Waals surface area contributed by atoms with Gasteiger partial charge in [0.05, 0.1) is 28.4 Å². The number of fused-ring (bicyclic) bond motifs is 1. The highest BCUT2D eigenvalue weighted by molar-refractivity contribution is 6.00. The topological polar surface area (TPSA) is 96.7 Å². The number of hydrogen-bond donors (Lipinski definition) is 1. The Labute approximate surface area is 210 Å². The summed E-state index contributed by atoms with van der Waals surface area (Å²) in [5, 5.41) is 8.27. The Morgan fingerprint density at radius 2 is 1.69 bits per heavy atom. The van der Waals surface area contributed by atoms with Crippen LogP contribution in [0.4, 0.5) is 5.95 Å². The summed E-state index contributed by atoms with van der Waals surface area (Å²) >= 11 is 0. The highest BCUT2D eigenvalue weighted by Gasteiger charge is 2.42. The van der Waals surface area contributed by atoms with E-state index in [1.165, 1.54) is 0 Å². The number of Topliss-reactive ketones (excluding diaryl/α,β-unsaturated/α-hetero) is 1. The average molecular weight is 491 g/mol. The van der Waals surface area contributed by atoms with Gasteiger partial charge in [0.2, 0.25) is 11.7 Å². The third kappa shape index (κ3) is 3.94. The Hall–Kier alpha value is -4.01. The van der Waals surface area contributed by atoms with E-state index in [2.05, 4.69) is 19.2 Å². The molecule has 0 spiro atoms. The predicted molar refractivity (Wildman–Crippen MR) is 135 cm³/mol. The van der Waals surface area contributed by atoms with Crippen LogP contribution in [0.3, 0.4) is 0 Å². The molecule has 0 amide bonds. The highest BCUT2D eigenvalue weighted by Crippen LogP contribution is 2.48. The lowest BCUT2D eigenvalue weighted by Crippen LogP contribution is -2.36. The van der Waals surface area contributed by atoms with Crippen molar-refractivity contribution < 1.29 is 23.7 Å². The second kappa shape index (κ2) is 8.89. The summed E-state index contributed by atoms with van der Waals surface area (Å²) in [6, 6.07) is 10.8. The molecule has 0 saturated heterocycles. The first-order valence-electron chi connectivity index (χ1n) is 11.7. The van der Waals surface area contributed by atoms with Crippen molar-refractivity contribution in [3.05, 3.63) is 53.2 Å². The van der Waals surface area contributed by atoms with Crippen molar-refractivity contribution in [1.82, 2.24) is 14.8 Å². The fourth-order valence-corrected chi connectivity index (χ4v) is 5.06. The number of hydrogen-bond acceptors (Lipinski definition) is 8. The molecule has 0 bridgehead atoms. The average Bonchev–Trinajstić information content (AvgIpc) is 3.29. The molecule has 0 unspecified atom stereocenters. The van der Waals surface area contributed by atoms with Gasteiger partial charge >= 0.3 is 0 Å². The van der Waals surface area contributed by atoms with E-state index in [0.717, 1.165) is 23.2 Å². The number of carbonyl (C=O) groups is 1. The van der Waals surface area contributed by atoms with Gasteiger partial charge in [-0.25, -0.2) is 4.68 Å². The normalized spacial score (nSPS) is 18.2. The minimum absolute atomic E-state index is 0.0802. The van der Waals surface area contributed by atoms with Gasteiger partial charge in [-0.15, -0.1) is 5.10 Å². The predicted octanol–water partition coefficient (Wildman–Crippen LogP) is 4.64. The van der Waals surface area contributed by atoms with Crippen molar-refractivity contribution in [3.63, 3.8) is 0 Å². The van der Waals surface area contributed by atoms with Crippen LogP contribution in [0.5, 0.6) is 23.0 Å². The molecule has 36 heavy (non-hydrogen) atoms. The number of aromatic nitrogens is 3. The molecule has 9 heteroatoms. The second-order valence-corrected chi connectivity index (χ2v) is 9.75. The van der Waals surface area contributed by atoms with Crippen molar-refractivity contribution in [2.45, 2.75) is 32.7 Å². The third-order valence-electron chi connectivity index (χ3n) is 6.66. The second-order valence-electron chi connectivity index (χ2n) is 9.75. The van der Waals surface area contributed by atoms with Crippen LogP contribution in [-0.2, 0) is 4.79 Å². The lowest BCUT2D eigenvalue weighted by atomic mass is 9.73. The molecule has 3 aromatic rings. The zero-order valence-electron chi connectivity index (χ0n) is 21.3. The Kier molecular flexibility index (Phi) is 5.86. The summed E-state index contributed by atoms with van der Waals surface area (Å²) < 4.78 is 23.9. The number of allylic oxidation sites excluding steroid dienone is 2. The molecule has 1 N–H and O–H groups in total. The van der Waals surface area contributed by atoms with Crippen molar-refractivity contribution >= 4 is 11.7 Å². The SMILES string of the molecule is COc1cccc(-c2nc3n(n2)[C@@H](c2cc(OC)c(OC)c(OC)c2)C2=C(CC(C)(C)CC2=O)N3)c1. The van der Waals surface area contributed by atoms with E-state index < -0.39 is 6.04 Å². The van der Waals surface area contributed by atoms with Gasteiger partial charge in [-0.05, 0) is 41.7 Å². The third-order valence-corrected chi connectivity index (χ3v) is 6.66. The quantitative estimate of drug-likeness (QED) is 0.534. The number of carbonyl (C=O) groups excluding carboxylic acids is 1. The molecular weight excluding hydrogens is 460 g/mol. The molecule has 9 nitrogen and oxygen atoms in total. The molecule has 2 aromatic carbocycles. The molecule has 0 saturated carbocycles. The first-order valence-corrected chi connectivity index (χ1v) is 11.7. The Morgan fingerprint density at radius 1 is 0.972 bits per heavy atom. The molecule has 188 valence electrons. The largest absolute Gasteiger partial charge is 0.497 e. The monoisotopic (exact) mass is 490 g/mol. The number of rotatable bonds is 6. The standard InChI is InChI=1S/C27H30N4O5/c1-27(2)13-18-22(19(32)14-27)23(16-11-20(34-4)24(36-6)21(12-16)35-5)31-26(28-18)29-25(30-31)15-8-7-9-17(10-15)33-3/h7-12,23H,13-14H2,1-6H3,(H,28,29,30)/t23-/m0/s1. The van der Waals surface area contributed by atoms with E-state index >= 15 is 0 Å². The van der Waals surface area contributed by atoms with Crippen LogP contribution >= 0.6 is 0 Å². The zero-order chi connectivity index (χ0) is 25.6. The van der Waals surface area contributed by atoms with Gasteiger partial charge in [-0.1, -0.05) is 26.0 Å². The number of ether oxygens (including phenoxy) is 4. The van der Waals surface area contributed by atoms with Gasteiger partial charge in [0.1, 0.15) is 11.8 Å². The lowest BCUT2D eigenvalue weighted by Gasteiger charge is -2.38. The fourth-order valence-electron chi connectivity index (χ4n) is 5.06. The van der Waals surface area contributed by atoms with Gasteiger partial charge in [0.15, 0.2) is 23.1 Å². The molecule has 1 aromatic heterocycles. The van der Waals surface area contributed by atoms with Gasteiger partial charge in [0, 0.05) is 23.3 Å². The van der Waals surface area contributed by atoms with Crippen LogP contribution in [0.25, 0.3) is 11.4 Å². The molecule has 1 aliphatic heterocycles. The Bertz CT molecular complexity index is 1350. The molecule has 0 radical (unpaired) electrons. The molecular formula is C27H30N4O5. The lowest BCUT2D eigenvalue weighted by molar-refractivity contribution is -0.118. The van der Waals surface area contributed by atoms with Gasteiger partial charge in [0.25, 0.3) is 0 Å². The van der Waals surface area contributed by atoms with Crippen LogP contribution in [0.1, 0.15) is 38.3 Å². The Morgan fingerprint density at radius 3 is 2.33 bits per heavy atom. The maximum absolute atomic E-state index is 13.6. The maximum Gasteiger partial charge on any atom is 0.226 e. The summed E-state index contributed by atoms with van der Waals surface area (Å²) in [6.07, 6.45) is 1.16. The van der Waals surface area contributed by atoms with Crippen LogP contribution in [0.2, 0.25) is 0 Å². The molecule has 5 rings (SSSR count). The number of nitrogens with zero attached hydrogens (tertiary/aromatic N) is 3. The molecule has 2 aliphatic rings. The number of benzene rings is 2. The van der Waals surface area contributed by atoms with E-state index in [4.69, 9.17) is 29.0 Å². The van der Waals surface area contributed by atoms with Crippen LogP contribution in [-0.4, -0.2) is 49.0 Å². The van der Waals surface area contributed by atoms with Gasteiger partial charge < -0.3 is 24.3 Å². The smallest absolute Gasteiger partial charge is 0.226 e.